The Bertz CT molecular complexity index is 366. The standard InChI is InChI=1S/C10H17BrF2N2OS/c1-17(2,3)5-4-16-7-15-6-8(11)9(14-15)10(12)13/h6,10H,4-5,7H2,1-3H3. The Morgan fingerprint density at radius 3 is 2.59 bits per heavy atom. The lowest BCUT2D eigenvalue weighted by molar-refractivity contribution is 0.0782. The molecule has 17 heavy (non-hydrogen) atoms. The summed E-state index contributed by atoms with van der Waals surface area (Å²) in [4.78, 5) is 0. The van der Waals surface area contributed by atoms with Gasteiger partial charge in [-0.05, 0) is 34.7 Å². The van der Waals surface area contributed by atoms with Crippen LogP contribution in [0.4, 0.5) is 8.78 Å². The summed E-state index contributed by atoms with van der Waals surface area (Å²) in [5, 5.41) is 3.74. The minimum Gasteiger partial charge on any atom is -0.358 e. The predicted molar refractivity (Wildman–Crippen MR) is 71.1 cm³/mol. The van der Waals surface area contributed by atoms with Crippen LogP contribution in [0.15, 0.2) is 10.7 Å². The molecule has 0 N–H and O–H groups in total. The number of hydrogen-bond donors (Lipinski definition) is 0. The van der Waals surface area contributed by atoms with Crippen LogP contribution in [0.2, 0.25) is 0 Å². The SMILES string of the molecule is CS(C)(C)CCOCn1cc(Br)c(C(F)F)n1. The topological polar surface area (TPSA) is 27.1 Å². The molecule has 1 rings (SSSR count). The molecule has 3 nitrogen and oxygen atoms in total. The zero-order valence-corrected chi connectivity index (χ0v) is 12.5. The molecule has 7 heteroatoms. The van der Waals surface area contributed by atoms with Gasteiger partial charge in [0.15, 0.2) is 0 Å². The second-order valence-corrected chi connectivity index (χ2v) is 9.98. The maximum Gasteiger partial charge on any atom is 0.283 e. The van der Waals surface area contributed by atoms with E-state index >= 15 is 0 Å². The third kappa shape index (κ3) is 5.35. The van der Waals surface area contributed by atoms with Gasteiger partial charge in [-0.15, -0.1) is 0 Å². The van der Waals surface area contributed by atoms with Crippen LogP contribution in [0, 0.1) is 0 Å². The molecule has 0 saturated carbocycles. The fourth-order valence-corrected chi connectivity index (χ4v) is 2.20. The first kappa shape index (κ1) is 14.9. The van der Waals surface area contributed by atoms with Crippen LogP contribution in [-0.2, 0) is 11.5 Å². The number of ether oxygens (including phenoxy) is 1. The van der Waals surface area contributed by atoms with Crippen LogP contribution in [0.25, 0.3) is 0 Å². The molecule has 0 bridgehead atoms. The summed E-state index contributed by atoms with van der Waals surface area (Å²) in [5.41, 5.74) is -0.241. The Balaban J connectivity index is 2.40. The Morgan fingerprint density at radius 1 is 1.47 bits per heavy atom. The van der Waals surface area contributed by atoms with Crippen molar-refractivity contribution < 1.29 is 13.5 Å². The number of rotatable bonds is 6. The summed E-state index contributed by atoms with van der Waals surface area (Å²) in [6.07, 6.45) is 5.55. The van der Waals surface area contributed by atoms with Crippen LogP contribution in [0.5, 0.6) is 0 Å². The van der Waals surface area contributed by atoms with Crippen molar-refractivity contribution >= 4 is 26.0 Å². The molecule has 0 aliphatic rings. The van der Waals surface area contributed by atoms with Gasteiger partial charge in [-0.25, -0.2) is 23.5 Å². The van der Waals surface area contributed by atoms with Crippen LogP contribution in [0.1, 0.15) is 12.1 Å². The van der Waals surface area contributed by atoms with Crippen molar-refractivity contribution in [1.29, 1.82) is 0 Å². The van der Waals surface area contributed by atoms with Crippen molar-refractivity contribution in [3.05, 3.63) is 16.4 Å². The second kappa shape index (κ2) is 6.15. The van der Waals surface area contributed by atoms with Crippen LogP contribution < -0.4 is 0 Å². The summed E-state index contributed by atoms with van der Waals surface area (Å²) in [7, 11) is -0.579. The second-order valence-electron chi connectivity index (χ2n) is 4.53. The van der Waals surface area contributed by atoms with Gasteiger partial charge in [0, 0.05) is 11.9 Å². The molecular formula is C10H17BrF2N2OS. The molecule has 0 aromatic carbocycles. The minimum atomic E-state index is -2.57. The number of nitrogens with zero attached hydrogens (tertiary/aromatic N) is 2. The van der Waals surface area contributed by atoms with Gasteiger partial charge in [0.25, 0.3) is 6.43 Å². The molecule has 0 unspecified atom stereocenters. The summed E-state index contributed by atoms with van der Waals surface area (Å²) >= 11 is 3.04. The van der Waals surface area contributed by atoms with E-state index in [0.717, 1.165) is 5.75 Å². The monoisotopic (exact) mass is 330 g/mol. The van der Waals surface area contributed by atoms with E-state index in [1.807, 2.05) is 0 Å². The summed E-state index contributed by atoms with van der Waals surface area (Å²) in [5.74, 6) is 0.997. The van der Waals surface area contributed by atoms with Crippen LogP contribution in [-0.4, -0.2) is 40.9 Å². The number of aromatic nitrogens is 2. The van der Waals surface area contributed by atoms with Crippen molar-refractivity contribution in [3.63, 3.8) is 0 Å². The Labute approximate surface area is 110 Å². The largest absolute Gasteiger partial charge is 0.358 e. The van der Waals surface area contributed by atoms with Gasteiger partial charge in [0.05, 0.1) is 11.1 Å². The molecule has 0 saturated heterocycles. The fourth-order valence-electron chi connectivity index (χ4n) is 1.09. The van der Waals surface area contributed by atoms with E-state index in [-0.39, 0.29) is 12.4 Å². The first-order valence-corrected chi connectivity index (χ1v) is 8.86. The maximum absolute atomic E-state index is 12.4. The van der Waals surface area contributed by atoms with Gasteiger partial charge in [0.1, 0.15) is 12.4 Å². The van der Waals surface area contributed by atoms with E-state index in [9.17, 15) is 8.78 Å². The van der Waals surface area contributed by atoms with Gasteiger partial charge < -0.3 is 4.74 Å². The van der Waals surface area contributed by atoms with E-state index in [4.69, 9.17) is 4.74 Å². The highest BCUT2D eigenvalue weighted by molar-refractivity contribution is 9.10. The molecule has 0 spiro atoms. The molecule has 0 atom stereocenters. The molecule has 0 aliphatic carbocycles. The van der Waals surface area contributed by atoms with Crippen molar-refractivity contribution in [2.24, 2.45) is 0 Å². The van der Waals surface area contributed by atoms with Crippen molar-refractivity contribution in [2.75, 3.05) is 31.1 Å². The van der Waals surface area contributed by atoms with Crippen LogP contribution >= 0.6 is 26.0 Å². The molecule has 0 aliphatic heterocycles. The number of alkyl halides is 2. The first-order valence-electron chi connectivity index (χ1n) is 5.04. The lowest BCUT2D eigenvalue weighted by Crippen LogP contribution is -2.10. The zero-order valence-electron chi connectivity index (χ0n) is 10.1. The molecular weight excluding hydrogens is 314 g/mol. The summed E-state index contributed by atoms with van der Waals surface area (Å²) < 4.78 is 32.0. The third-order valence-electron chi connectivity index (χ3n) is 2.01. The molecule has 1 heterocycles. The summed E-state index contributed by atoms with van der Waals surface area (Å²) in [6, 6.07) is 0. The highest BCUT2D eigenvalue weighted by Crippen LogP contribution is 2.33. The van der Waals surface area contributed by atoms with Crippen molar-refractivity contribution in [1.82, 2.24) is 9.78 Å². The van der Waals surface area contributed by atoms with E-state index in [2.05, 4.69) is 39.8 Å². The molecule has 1 aromatic heterocycles. The third-order valence-corrected chi connectivity index (χ3v) is 4.02. The van der Waals surface area contributed by atoms with E-state index in [1.165, 1.54) is 10.9 Å². The first-order chi connectivity index (χ1) is 7.79. The van der Waals surface area contributed by atoms with Crippen molar-refractivity contribution in [2.45, 2.75) is 13.2 Å². The normalized spacial score (nSPS) is 13.4. The highest BCUT2D eigenvalue weighted by Gasteiger charge is 2.16. The van der Waals surface area contributed by atoms with Crippen molar-refractivity contribution in [3.8, 4) is 0 Å². The minimum absolute atomic E-state index is 0.209. The Morgan fingerprint density at radius 2 is 2.12 bits per heavy atom. The fraction of sp³-hybridized carbons (Fsp3) is 0.700. The Hall–Kier alpha value is -0.140. The number of halogens is 3. The van der Waals surface area contributed by atoms with Gasteiger partial charge in [-0.3, -0.25) is 0 Å². The quantitative estimate of drug-likeness (QED) is 0.748. The zero-order chi connectivity index (χ0) is 13.1. The molecule has 1 aromatic rings. The average Bonchev–Trinajstić information content (AvgIpc) is 2.53. The van der Waals surface area contributed by atoms with Gasteiger partial charge in [-0.1, -0.05) is 0 Å². The van der Waals surface area contributed by atoms with Gasteiger partial charge in [-0.2, -0.15) is 5.10 Å². The van der Waals surface area contributed by atoms with Gasteiger partial charge >= 0.3 is 0 Å². The molecule has 100 valence electrons. The molecule has 0 amide bonds. The van der Waals surface area contributed by atoms with E-state index in [0.29, 0.717) is 11.1 Å². The molecule has 0 radical (unpaired) electrons. The van der Waals surface area contributed by atoms with E-state index in [1.54, 1.807) is 0 Å². The van der Waals surface area contributed by atoms with E-state index < -0.39 is 16.5 Å². The lowest BCUT2D eigenvalue weighted by Gasteiger charge is -2.24. The molecule has 0 fully saturated rings. The number of hydrogen-bond acceptors (Lipinski definition) is 2. The summed E-state index contributed by atoms with van der Waals surface area (Å²) in [6.45, 7) is 0.834. The lowest BCUT2D eigenvalue weighted by atomic mass is 10.5. The predicted octanol–water partition coefficient (Wildman–Crippen LogP) is 3.25. The Kier molecular flexibility index (Phi) is 5.40. The maximum atomic E-state index is 12.4. The van der Waals surface area contributed by atoms with Gasteiger partial charge in [0.2, 0.25) is 0 Å². The van der Waals surface area contributed by atoms with Crippen LogP contribution in [0.3, 0.4) is 0 Å². The average molecular weight is 331 g/mol. The highest BCUT2D eigenvalue weighted by atomic mass is 79.9. The smallest absolute Gasteiger partial charge is 0.283 e.